The zero-order valence-corrected chi connectivity index (χ0v) is 42.5. The predicted octanol–water partition coefficient (Wildman–Crippen LogP) is 14.4. The molecule has 0 aromatic heterocycles. The number of hydrogen-bond acceptors (Lipinski definition) is 7. The Kier molecular flexibility index (Phi) is 42.3. The molecule has 0 radical (unpaired) electrons. The molecule has 0 spiro atoms. The van der Waals surface area contributed by atoms with Gasteiger partial charge in [-0.05, 0) is 51.0 Å². The lowest BCUT2D eigenvalue weighted by Crippen LogP contribution is -2.47. The number of nitrogens with zero attached hydrogens (tertiary/aromatic N) is 1. The molecule has 9 nitrogen and oxygen atoms in total. The number of carbonyl (C=O) groups excluding carboxylic acids is 2. The van der Waals surface area contributed by atoms with Gasteiger partial charge in [-0.15, -0.1) is 0 Å². The van der Waals surface area contributed by atoms with Crippen molar-refractivity contribution in [3.63, 3.8) is 0 Å². The molecule has 10 heteroatoms. The number of quaternary nitrogens is 1. The van der Waals surface area contributed by atoms with Crippen molar-refractivity contribution >= 4 is 19.7 Å². The topological polar surface area (TPSA) is 114 Å². The van der Waals surface area contributed by atoms with Gasteiger partial charge in [0.05, 0.1) is 33.8 Å². The number of unbranched alkanes of at least 4 members (excludes halogenated alkanes) is 29. The Morgan fingerprint density at radius 1 is 0.548 bits per heavy atom. The molecule has 0 bridgehead atoms. The van der Waals surface area contributed by atoms with E-state index in [2.05, 4.69) is 38.2 Å². The number of ether oxygens (including phenoxy) is 1. The second kappa shape index (κ2) is 43.4. The van der Waals surface area contributed by atoms with E-state index >= 15 is 0 Å². The summed E-state index contributed by atoms with van der Waals surface area (Å²) in [6.07, 6.45) is 47.1. The molecule has 0 aliphatic heterocycles. The van der Waals surface area contributed by atoms with Crippen molar-refractivity contribution < 1.29 is 37.3 Å². The number of likely N-dealkylation sites (N-methyl/N-ethyl adjacent to an activating group) is 1. The molecule has 0 aliphatic carbocycles. The normalized spacial score (nSPS) is 14.1. The highest BCUT2D eigenvalue weighted by Gasteiger charge is 2.27. The van der Waals surface area contributed by atoms with Gasteiger partial charge in [0.25, 0.3) is 7.82 Å². The molecule has 366 valence electrons. The molecule has 0 rings (SSSR count). The standard InChI is InChI=1S/C52H101N2O7P/c1-7-10-13-16-19-22-25-26-27-30-33-36-39-42-45-52(56)61-50(43-40-37-34-31-28-23-20-17-14-11-8-2)49(48-60-62(57,58)59-47-46-54(4,5)6)53-51(55)44-41-38-35-32-29-24-21-18-15-12-9-3/h18,21,40,43,49-50H,7-17,19-20,22-39,41-42,44-48H2,1-6H3,(H-,53,55,57,58)/b21-18-,43-40+. The van der Waals surface area contributed by atoms with E-state index in [0.717, 1.165) is 83.5 Å². The maximum Gasteiger partial charge on any atom is 0.306 e. The first-order valence-corrected chi connectivity index (χ1v) is 27.6. The van der Waals surface area contributed by atoms with Gasteiger partial charge in [-0.2, -0.15) is 0 Å². The van der Waals surface area contributed by atoms with Crippen LogP contribution in [0.25, 0.3) is 0 Å². The fourth-order valence-electron chi connectivity index (χ4n) is 7.50. The molecular formula is C52H101N2O7P. The summed E-state index contributed by atoms with van der Waals surface area (Å²) in [5.41, 5.74) is 0. The number of nitrogens with one attached hydrogen (secondary N) is 1. The number of phosphoric acid groups is 1. The predicted molar refractivity (Wildman–Crippen MR) is 261 cm³/mol. The van der Waals surface area contributed by atoms with Gasteiger partial charge in [0, 0.05) is 12.8 Å². The zero-order valence-electron chi connectivity index (χ0n) is 41.6. The Morgan fingerprint density at radius 2 is 0.952 bits per heavy atom. The third-order valence-corrected chi connectivity index (χ3v) is 12.6. The van der Waals surface area contributed by atoms with Gasteiger partial charge in [0.1, 0.15) is 19.3 Å². The van der Waals surface area contributed by atoms with E-state index in [-0.39, 0.29) is 31.5 Å². The van der Waals surface area contributed by atoms with Gasteiger partial charge in [-0.1, -0.05) is 206 Å². The molecule has 0 aromatic carbocycles. The van der Waals surface area contributed by atoms with E-state index in [1.807, 2.05) is 33.3 Å². The molecule has 3 atom stereocenters. The van der Waals surface area contributed by atoms with Crippen molar-refractivity contribution in [3.05, 3.63) is 24.3 Å². The number of rotatable bonds is 47. The van der Waals surface area contributed by atoms with Crippen LogP contribution in [0.5, 0.6) is 0 Å². The number of hydrogen-bond donors (Lipinski definition) is 1. The van der Waals surface area contributed by atoms with Gasteiger partial charge >= 0.3 is 5.97 Å². The average molecular weight is 897 g/mol. The number of amides is 1. The molecule has 0 saturated heterocycles. The summed E-state index contributed by atoms with van der Waals surface area (Å²) in [6, 6.07) is -0.883. The number of carbonyl (C=O) groups is 2. The van der Waals surface area contributed by atoms with Crippen LogP contribution in [0.1, 0.15) is 245 Å². The Labute approximate surface area is 383 Å². The summed E-state index contributed by atoms with van der Waals surface area (Å²) >= 11 is 0. The maximum atomic E-state index is 13.4. The first kappa shape index (κ1) is 60.5. The second-order valence-corrected chi connectivity index (χ2v) is 20.4. The van der Waals surface area contributed by atoms with E-state index in [9.17, 15) is 19.0 Å². The average Bonchev–Trinajstić information content (AvgIpc) is 3.22. The summed E-state index contributed by atoms with van der Waals surface area (Å²) in [6.45, 7) is 6.79. The molecule has 62 heavy (non-hydrogen) atoms. The van der Waals surface area contributed by atoms with Gasteiger partial charge in [0.15, 0.2) is 0 Å². The van der Waals surface area contributed by atoms with Gasteiger partial charge in [-0.25, -0.2) is 0 Å². The molecule has 3 unspecified atom stereocenters. The van der Waals surface area contributed by atoms with Crippen molar-refractivity contribution in [1.82, 2.24) is 5.32 Å². The van der Waals surface area contributed by atoms with E-state index in [4.69, 9.17) is 13.8 Å². The van der Waals surface area contributed by atoms with Crippen molar-refractivity contribution in [1.29, 1.82) is 0 Å². The van der Waals surface area contributed by atoms with Crippen molar-refractivity contribution in [2.45, 2.75) is 258 Å². The number of allylic oxidation sites excluding steroid dienone is 3. The third kappa shape index (κ3) is 43.7. The number of esters is 1. The molecule has 0 heterocycles. The van der Waals surface area contributed by atoms with Crippen molar-refractivity contribution in [2.24, 2.45) is 0 Å². The summed E-state index contributed by atoms with van der Waals surface area (Å²) < 4.78 is 30.1. The smallest absolute Gasteiger partial charge is 0.306 e. The van der Waals surface area contributed by atoms with E-state index < -0.39 is 20.0 Å². The lowest BCUT2D eigenvalue weighted by atomic mass is 10.0. The van der Waals surface area contributed by atoms with Gasteiger partial charge < -0.3 is 28.5 Å². The van der Waals surface area contributed by atoms with Crippen LogP contribution in [0.4, 0.5) is 0 Å². The highest BCUT2D eigenvalue weighted by atomic mass is 31.2. The molecule has 0 fully saturated rings. The Hall–Kier alpha value is -1.51. The fraction of sp³-hybridized carbons (Fsp3) is 0.885. The van der Waals surface area contributed by atoms with Gasteiger partial charge in [0.2, 0.25) is 5.91 Å². The fourth-order valence-corrected chi connectivity index (χ4v) is 8.22. The minimum absolute atomic E-state index is 0.0211. The lowest BCUT2D eigenvalue weighted by Gasteiger charge is -2.30. The third-order valence-electron chi connectivity index (χ3n) is 11.6. The first-order chi connectivity index (χ1) is 29.9. The quantitative estimate of drug-likeness (QED) is 0.0213. The SMILES string of the molecule is CCCC/C=C\CCCCCCCC(=O)NC(COP(=O)([O-])OCC[N+](C)(C)C)C(/C=C/CCCCCCCCCCC)OC(=O)CCCCCCCCCCCCCCCC. The maximum absolute atomic E-state index is 13.4. The number of phosphoric ester groups is 1. The zero-order chi connectivity index (χ0) is 45.8. The minimum Gasteiger partial charge on any atom is -0.756 e. The minimum atomic E-state index is -4.68. The van der Waals surface area contributed by atoms with Crippen molar-refractivity contribution in [2.75, 3.05) is 40.9 Å². The molecular weight excluding hydrogens is 796 g/mol. The van der Waals surface area contributed by atoms with Crippen molar-refractivity contribution in [3.8, 4) is 0 Å². The summed E-state index contributed by atoms with van der Waals surface area (Å²) in [5, 5.41) is 3.00. The largest absolute Gasteiger partial charge is 0.756 e. The molecule has 1 amide bonds. The molecule has 1 N–H and O–H groups in total. The second-order valence-electron chi connectivity index (χ2n) is 19.0. The van der Waals surface area contributed by atoms with Crippen LogP contribution in [0, 0.1) is 0 Å². The Morgan fingerprint density at radius 3 is 1.42 bits per heavy atom. The van der Waals surface area contributed by atoms with Crippen LogP contribution in [-0.2, 0) is 27.9 Å². The van der Waals surface area contributed by atoms with E-state index in [1.165, 1.54) is 128 Å². The van der Waals surface area contributed by atoms with Crippen LogP contribution in [0.2, 0.25) is 0 Å². The van der Waals surface area contributed by atoms with Crippen LogP contribution < -0.4 is 10.2 Å². The molecule has 0 saturated carbocycles. The highest BCUT2D eigenvalue weighted by Crippen LogP contribution is 2.38. The van der Waals surface area contributed by atoms with Gasteiger partial charge in [-0.3, -0.25) is 14.2 Å². The summed E-state index contributed by atoms with van der Waals surface area (Å²) in [7, 11) is 1.19. The summed E-state index contributed by atoms with van der Waals surface area (Å²) in [5.74, 6) is -0.546. The Bertz CT molecular complexity index is 1120. The lowest BCUT2D eigenvalue weighted by molar-refractivity contribution is -0.870. The van der Waals surface area contributed by atoms with Crippen LogP contribution in [0.3, 0.4) is 0 Å². The monoisotopic (exact) mass is 897 g/mol. The summed E-state index contributed by atoms with van der Waals surface area (Å²) in [4.78, 5) is 39.6. The van der Waals surface area contributed by atoms with Crippen LogP contribution >= 0.6 is 7.82 Å². The first-order valence-electron chi connectivity index (χ1n) is 26.1. The molecule has 0 aliphatic rings. The Balaban J connectivity index is 5.39. The molecule has 0 aromatic rings. The van der Waals surface area contributed by atoms with Crippen LogP contribution in [-0.4, -0.2) is 69.4 Å². The van der Waals surface area contributed by atoms with Crippen LogP contribution in [0.15, 0.2) is 24.3 Å². The van der Waals surface area contributed by atoms with E-state index in [1.54, 1.807) is 0 Å². The van der Waals surface area contributed by atoms with E-state index in [0.29, 0.717) is 17.4 Å². The highest BCUT2D eigenvalue weighted by molar-refractivity contribution is 7.45.